The summed E-state index contributed by atoms with van der Waals surface area (Å²) in [5, 5.41) is 0. The van der Waals surface area contributed by atoms with E-state index in [1.54, 1.807) is 0 Å². The lowest BCUT2D eigenvalue weighted by atomic mass is 10.1. The zero-order valence-corrected chi connectivity index (χ0v) is 50.9. The highest BCUT2D eigenvalue weighted by atomic mass is 16.6. The van der Waals surface area contributed by atoms with Crippen LogP contribution in [0.3, 0.4) is 0 Å². The van der Waals surface area contributed by atoms with E-state index in [2.05, 4.69) is 227 Å². The number of hydrogen-bond donors (Lipinski definition) is 0. The van der Waals surface area contributed by atoms with Gasteiger partial charge in [-0.2, -0.15) is 0 Å². The standard InChI is InChI=1S/C75H110O6/c1-4-7-10-13-16-19-22-25-28-30-32-33-34-35-36-37-38-39-40-41-43-44-47-50-53-56-59-62-65-68-74(77)80-71-72(70-79-73(76)67-64-61-58-55-52-49-46-27-24-21-18-15-12-9-6-3)81-75(78)69-66-63-60-57-54-51-48-45-42-31-29-26-23-20-17-14-11-8-5-2/h7-12,16-21,25-29,32-33,35-36,38-39,41-43,45-47,50-51,54,56,59-60,63,72H,4-6,13-15,22-24,30-31,34,37,40,44,48-49,52-53,55,57-58,61-62,64-71H2,1-3H3/b10-7-,11-8-,12-9-,19-16-,20-17-,21-18-,28-25-,29-26-,33-32-,36-35-,39-38-,43-41-,45-42-,46-27-,50-47-,54-51-,59-56-,63-60-. The summed E-state index contributed by atoms with van der Waals surface area (Å²) in [7, 11) is 0. The molecular weight excluding hydrogens is 997 g/mol. The van der Waals surface area contributed by atoms with Crippen LogP contribution < -0.4 is 0 Å². The van der Waals surface area contributed by atoms with Gasteiger partial charge in [-0.15, -0.1) is 0 Å². The molecule has 0 amide bonds. The molecule has 0 saturated heterocycles. The fourth-order valence-corrected chi connectivity index (χ4v) is 7.42. The molecule has 0 spiro atoms. The molecule has 446 valence electrons. The van der Waals surface area contributed by atoms with E-state index in [0.717, 1.165) is 161 Å². The van der Waals surface area contributed by atoms with Crippen LogP contribution in [0.4, 0.5) is 0 Å². The van der Waals surface area contributed by atoms with Crippen molar-refractivity contribution in [1.29, 1.82) is 0 Å². The second kappa shape index (κ2) is 66.2. The maximum Gasteiger partial charge on any atom is 0.306 e. The zero-order valence-electron chi connectivity index (χ0n) is 50.9. The number of allylic oxidation sites excluding steroid dienone is 36. The van der Waals surface area contributed by atoms with Crippen LogP contribution in [-0.2, 0) is 28.6 Å². The highest BCUT2D eigenvalue weighted by Crippen LogP contribution is 2.11. The summed E-state index contributed by atoms with van der Waals surface area (Å²) in [6, 6.07) is 0. The first-order chi connectivity index (χ1) is 40.0. The van der Waals surface area contributed by atoms with E-state index < -0.39 is 12.1 Å². The van der Waals surface area contributed by atoms with Gasteiger partial charge >= 0.3 is 17.9 Å². The Morgan fingerprint density at radius 2 is 0.481 bits per heavy atom. The molecule has 0 saturated carbocycles. The van der Waals surface area contributed by atoms with Crippen LogP contribution in [0.15, 0.2) is 219 Å². The van der Waals surface area contributed by atoms with Gasteiger partial charge in [0.05, 0.1) is 0 Å². The lowest BCUT2D eigenvalue weighted by Crippen LogP contribution is -2.30. The first-order valence-electron chi connectivity index (χ1n) is 31.2. The minimum Gasteiger partial charge on any atom is -0.462 e. The lowest BCUT2D eigenvalue weighted by molar-refractivity contribution is -0.166. The summed E-state index contributed by atoms with van der Waals surface area (Å²) < 4.78 is 16.7. The molecule has 0 aliphatic carbocycles. The van der Waals surface area contributed by atoms with Gasteiger partial charge in [0.25, 0.3) is 0 Å². The van der Waals surface area contributed by atoms with Gasteiger partial charge in [0, 0.05) is 19.3 Å². The number of rotatable bonds is 53. The Morgan fingerprint density at radius 1 is 0.247 bits per heavy atom. The normalized spacial score (nSPS) is 13.7. The van der Waals surface area contributed by atoms with Crippen molar-refractivity contribution in [3.63, 3.8) is 0 Å². The number of carbonyl (C=O) groups is 3. The van der Waals surface area contributed by atoms with Gasteiger partial charge in [-0.1, -0.05) is 259 Å². The average Bonchev–Trinajstić information content (AvgIpc) is 3.47. The van der Waals surface area contributed by atoms with Crippen LogP contribution in [0.5, 0.6) is 0 Å². The molecule has 0 radical (unpaired) electrons. The van der Waals surface area contributed by atoms with Gasteiger partial charge in [-0.3, -0.25) is 14.4 Å². The summed E-state index contributed by atoms with van der Waals surface area (Å²) in [5.74, 6) is -1.13. The van der Waals surface area contributed by atoms with Crippen molar-refractivity contribution in [1.82, 2.24) is 0 Å². The Labute approximate surface area is 495 Å². The molecule has 0 aliphatic rings. The van der Waals surface area contributed by atoms with Gasteiger partial charge in [-0.05, 0) is 154 Å². The van der Waals surface area contributed by atoms with E-state index in [9.17, 15) is 14.4 Å². The summed E-state index contributed by atoms with van der Waals surface area (Å²) in [5.41, 5.74) is 0. The maximum atomic E-state index is 12.9. The number of carbonyl (C=O) groups excluding carboxylic acids is 3. The molecule has 0 aromatic heterocycles. The molecule has 0 aromatic rings. The average molecular weight is 1110 g/mol. The monoisotopic (exact) mass is 1110 g/mol. The number of unbranched alkanes of at least 4 members (excludes halogenated alkanes) is 6. The zero-order chi connectivity index (χ0) is 58.5. The number of hydrogen-bond acceptors (Lipinski definition) is 6. The molecule has 6 nitrogen and oxygen atoms in total. The summed E-state index contributed by atoms with van der Waals surface area (Å²) in [6.07, 6.45) is 104. The topological polar surface area (TPSA) is 78.9 Å². The van der Waals surface area contributed by atoms with Crippen molar-refractivity contribution in [3.8, 4) is 0 Å². The van der Waals surface area contributed by atoms with Crippen molar-refractivity contribution in [2.24, 2.45) is 0 Å². The van der Waals surface area contributed by atoms with Crippen LogP contribution in [0.2, 0.25) is 0 Å². The smallest absolute Gasteiger partial charge is 0.306 e. The quantitative estimate of drug-likeness (QED) is 0.0261. The fraction of sp³-hybridized carbons (Fsp3) is 0.480. The fourth-order valence-electron chi connectivity index (χ4n) is 7.42. The van der Waals surface area contributed by atoms with Crippen molar-refractivity contribution in [2.75, 3.05) is 13.2 Å². The minimum absolute atomic E-state index is 0.149. The molecule has 0 heterocycles. The van der Waals surface area contributed by atoms with E-state index in [-0.39, 0.29) is 38.0 Å². The summed E-state index contributed by atoms with van der Waals surface area (Å²) in [4.78, 5) is 38.2. The summed E-state index contributed by atoms with van der Waals surface area (Å²) in [6.45, 7) is 6.15. The molecule has 0 fully saturated rings. The third-order valence-corrected chi connectivity index (χ3v) is 12.0. The Bertz CT molecular complexity index is 2050. The van der Waals surface area contributed by atoms with Crippen LogP contribution in [-0.4, -0.2) is 37.2 Å². The van der Waals surface area contributed by atoms with Gasteiger partial charge < -0.3 is 14.2 Å². The van der Waals surface area contributed by atoms with Crippen LogP contribution in [0, 0.1) is 0 Å². The van der Waals surface area contributed by atoms with Gasteiger partial charge in [-0.25, -0.2) is 0 Å². The first kappa shape index (κ1) is 74.7. The van der Waals surface area contributed by atoms with E-state index in [4.69, 9.17) is 14.2 Å². The van der Waals surface area contributed by atoms with Crippen molar-refractivity contribution in [3.05, 3.63) is 219 Å². The molecule has 0 bridgehead atoms. The van der Waals surface area contributed by atoms with E-state index in [1.807, 2.05) is 12.2 Å². The number of ether oxygens (including phenoxy) is 3. The second-order valence-corrected chi connectivity index (χ2v) is 19.5. The maximum absolute atomic E-state index is 12.9. The molecule has 6 heteroatoms. The highest BCUT2D eigenvalue weighted by Gasteiger charge is 2.19. The van der Waals surface area contributed by atoms with Gasteiger partial charge in [0.15, 0.2) is 6.10 Å². The summed E-state index contributed by atoms with van der Waals surface area (Å²) >= 11 is 0. The minimum atomic E-state index is -0.865. The SMILES string of the molecule is CC/C=C\C/C=C\C/C=C\C/C=C\C/C=C\C/C=C\C/C=C\C/C=C\C/C=C\CCCC(=O)OCC(COC(=O)CCCCCCC/C=C\C/C=C\C/C=C\CC)OC(=O)CC/C=C\C/C=C\C/C=C\C/C=C\C/C=C\C/C=C\CC. The molecule has 0 rings (SSSR count). The third kappa shape index (κ3) is 64.4. The van der Waals surface area contributed by atoms with Crippen molar-refractivity contribution < 1.29 is 28.6 Å². The van der Waals surface area contributed by atoms with Gasteiger partial charge in [0.1, 0.15) is 13.2 Å². The first-order valence-corrected chi connectivity index (χ1v) is 31.2. The second-order valence-electron chi connectivity index (χ2n) is 19.5. The molecule has 1 atom stereocenters. The van der Waals surface area contributed by atoms with Crippen molar-refractivity contribution in [2.45, 2.75) is 219 Å². The largest absolute Gasteiger partial charge is 0.462 e. The van der Waals surface area contributed by atoms with Crippen LogP contribution >= 0.6 is 0 Å². The molecule has 0 aromatic carbocycles. The van der Waals surface area contributed by atoms with Crippen LogP contribution in [0.1, 0.15) is 213 Å². The van der Waals surface area contributed by atoms with E-state index in [0.29, 0.717) is 19.3 Å². The lowest BCUT2D eigenvalue weighted by Gasteiger charge is -2.18. The Hall–Kier alpha value is -6.27. The molecule has 1 unspecified atom stereocenters. The number of esters is 3. The molecular formula is C75H110O6. The predicted molar refractivity (Wildman–Crippen MR) is 352 cm³/mol. The van der Waals surface area contributed by atoms with E-state index in [1.165, 1.54) is 0 Å². The van der Waals surface area contributed by atoms with E-state index >= 15 is 0 Å². The molecule has 0 aliphatic heterocycles. The van der Waals surface area contributed by atoms with Crippen LogP contribution in [0.25, 0.3) is 0 Å². The Balaban J connectivity index is 4.62. The Morgan fingerprint density at radius 3 is 0.790 bits per heavy atom. The van der Waals surface area contributed by atoms with Crippen molar-refractivity contribution >= 4 is 17.9 Å². The van der Waals surface area contributed by atoms with Gasteiger partial charge in [0.2, 0.25) is 0 Å². The Kier molecular flexibility index (Phi) is 61.1. The molecule has 81 heavy (non-hydrogen) atoms. The highest BCUT2D eigenvalue weighted by molar-refractivity contribution is 5.71. The third-order valence-electron chi connectivity index (χ3n) is 12.0. The predicted octanol–water partition coefficient (Wildman–Crippen LogP) is 21.8. The molecule has 0 N–H and O–H groups in total.